The molecule has 6 rings (SSSR count). The first-order chi connectivity index (χ1) is 20.4. The Hall–Kier alpha value is -3.46. The number of benzene rings is 2. The van der Waals surface area contributed by atoms with Crippen molar-refractivity contribution in [3.05, 3.63) is 76.3 Å². The van der Waals surface area contributed by atoms with Crippen LogP contribution < -0.4 is 9.64 Å². The lowest BCUT2D eigenvalue weighted by Gasteiger charge is -2.40. The number of aliphatic carboxylic acids is 1. The number of carboxylic acid groups (broad SMARTS) is 1. The lowest BCUT2D eigenvalue weighted by Crippen LogP contribution is -2.50. The Morgan fingerprint density at radius 1 is 1.12 bits per heavy atom. The van der Waals surface area contributed by atoms with Crippen molar-refractivity contribution in [2.75, 3.05) is 44.9 Å². The highest BCUT2D eigenvalue weighted by molar-refractivity contribution is 5.74. The first kappa shape index (κ1) is 28.6. The molecule has 0 aliphatic carbocycles. The van der Waals surface area contributed by atoms with Gasteiger partial charge in [-0.15, -0.1) is 0 Å². The van der Waals surface area contributed by atoms with E-state index in [4.69, 9.17) is 19.2 Å². The van der Waals surface area contributed by atoms with E-state index in [2.05, 4.69) is 41.8 Å². The topological polar surface area (TPSA) is 84.4 Å². The van der Waals surface area contributed by atoms with Gasteiger partial charge in [0.2, 0.25) is 0 Å². The summed E-state index contributed by atoms with van der Waals surface area (Å²) in [5.41, 5.74) is 8.18. The van der Waals surface area contributed by atoms with Gasteiger partial charge in [-0.1, -0.05) is 37.3 Å². The third-order valence-electron chi connectivity index (χ3n) is 9.39. The molecular formula is C34H41N3O5. The van der Waals surface area contributed by atoms with Crippen LogP contribution in [-0.2, 0) is 33.8 Å². The molecule has 0 bridgehead atoms. The molecule has 222 valence electrons. The molecule has 2 saturated heterocycles. The van der Waals surface area contributed by atoms with E-state index in [9.17, 15) is 9.90 Å². The minimum absolute atomic E-state index is 0.0128. The van der Waals surface area contributed by atoms with Crippen LogP contribution in [0.3, 0.4) is 0 Å². The Bertz CT molecular complexity index is 1460. The summed E-state index contributed by atoms with van der Waals surface area (Å²) < 4.78 is 17.4. The van der Waals surface area contributed by atoms with Crippen molar-refractivity contribution in [1.82, 2.24) is 9.88 Å². The van der Waals surface area contributed by atoms with Crippen molar-refractivity contribution < 1.29 is 24.1 Å². The third-order valence-corrected chi connectivity index (χ3v) is 9.39. The number of carbonyl (C=O) groups is 1. The van der Waals surface area contributed by atoms with Gasteiger partial charge in [0, 0.05) is 32.3 Å². The summed E-state index contributed by atoms with van der Waals surface area (Å²) in [6, 6.07) is 16.8. The SMILES string of the molecule is COCC1C(C(=O)O)[C@@H](C)CN1c1cccc(-c2cccc(C)c2OCc2ccc3c(c2C)CCN(C2COC2)C3)n1. The van der Waals surface area contributed by atoms with Gasteiger partial charge in [0.15, 0.2) is 0 Å². The van der Waals surface area contributed by atoms with Crippen LogP contribution in [0.1, 0.15) is 34.7 Å². The number of anilines is 1. The van der Waals surface area contributed by atoms with Crippen LogP contribution in [0.4, 0.5) is 5.82 Å². The third kappa shape index (κ3) is 5.39. The van der Waals surface area contributed by atoms with E-state index in [1.165, 1.54) is 22.3 Å². The Balaban J connectivity index is 1.24. The molecule has 3 aliphatic rings. The highest BCUT2D eigenvalue weighted by atomic mass is 16.5. The normalized spacial score (nSPS) is 22.6. The summed E-state index contributed by atoms with van der Waals surface area (Å²) in [5.74, 6) is 0.262. The van der Waals surface area contributed by atoms with E-state index in [0.717, 1.165) is 61.1 Å². The van der Waals surface area contributed by atoms with Crippen molar-refractivity contribution in [2.45, 2.75) is 52.4 Å². The van der Waals surface area contributed by atoms with E-state index in [0.29, 0.717) is 25.8 Å². The smallest absolute Gasteiger partial charge is 0.309 e. The summed E-state index contributed by atoms with van der Waals surface area (Å²) in [4.78, 5) is 21.7. The second-order valence-electron chi connectivity index (χ2n) is 12.0. The number of hydrogen-bond acceptors (Lipinski definition) is 7. The molecule has 1 N–H and O–H groups in total. The highest BCUT2D eigenvalue weighted by Gasteiger charge is 2.44. The predicted molar refractivity (Wildman–Crippen MR) is 162 cm³/mol. The van der Waals surface area contributed by atoms with Crippen LogP contribution in [0.5, 0.6) is 5.75 Å². The summed E-state index contributed by atoms with van der Waals surface area (Å²) in [7, 11) is 1.62. The van der Waals surface area contributed by atoms with Gasteiger partial charge in [0.25, 0.3) is 0 Å². The number of pyridine rings is 1. The molecule has 0 amide bonds. The monoisotopic (exact) mass is 571 g/mol. The van der Waals surface area contributed by atoms with Crippen molar-refractivity contribution in [1.29, 1.82) is 0 Å². The highest BCUT2D eigenvalue weighted by Crippen LogP contribution is 2.37. The molecule has 2 fully saturated rings. The van der Waals surface area contributed by atoms with E-state index < -0.39 is 11.9 Å². The zero-order chi connectivity index (χ0) is 29.4. The summed E-state index contributed by atoms with van der Waals surface area (Å²) >= 11 is 0. The number of aromatic nitrogens is 1. The fourth-order valence-corrected chi connectivity index (χ4v) is 6.91. The van der Waals surface area contributed by atoms with Gasteiger partial charge in [-0.2, -0.15) is 0 Å². The number of rotatable bonds is 9. The van der Waals surface area contributed by atoms with Crippen molar-refractivity contribution in [3.63, 3.8) is 0 Å². The number of ether oxygens (including phenoxy) is 3. The molecule has 2 unspecified atom stereocenters. The maximum atomic E-state index is 12.1. The van der Waals surface area contributed by atoms with Crippen LogP contribution in [0, 0.1) is 25.7 Å². The molecule has 42 heavy (non-hydrogen) atoms. The fourth-order valence-electron chi connectivity index (χ4n) is 6.91. The first-order valence-electron chi connectivity index (χ1n) is 15.0. The number of carboxylic acids is 1. The van der Waals surface area contributed by atoms with E-state index in [1.54, 1.807) is 7.11 Å². The molecule has 0 radical (unpaired) electrons. The number of nitrogens with zero attached hydrogens (tertiary/aromatic N) is 3. The quantitative estimate of drug-likeness (QED) is 0.390. The molecule has 0 spiro atoms. The van der Waals surface area contributed by atoms with E-state index >= 15 is 0 Å². The number of para-hydroxylation sites is 1. The van der Waals surface area contributed by atoms with Gasteiger partial charge < -0.3 is 24.2 Å². The standard InChI is InChI=1S/C34H41N3O5/c1-21-7-5-8-28(29-9-6-10-31(35-29)37-15-22(2)32(34(38)39)30(37)20-40-4)33(21)42-17-25-12-11-24-16-36(26-18-41-19-26)14-13-27(24)23(25)3/h5-12,22,26,30,32H,13-20H2,1-4H3,(H,38,39)/t22-,30?,32?/m0/s1. The van der Waals surface area contributed by atoms with Crippen LogP contribution in [-0.4, -0.2) is 73.1 Å². The molecule has 8 heteroatoms. The Morgan fingerprint density at radius 3 is 2.67 bits per heavy atom. The van der Waals surface area contributed by atoms with Crippen molar-refractivity contribution in [3.8, 4) is 17.0 Å². The molecule has 1 aromatic heterocycles. The van der Waals surface area contributed by atoms with E-state index in [-0.39, 0.29) is 12.0 Å². The molecule has 4 heterocycles. The van der Waals surface area contributed by atoms with Gasteiger partial charge in [-0.05, 0) is 72.2 Å². The van der Waals surface area contributed by atoms with Crippen LogP contribution >= 0.6 is 0 Å². The minimum atomic E-state index is -0.791. The number of aryl methyl sites for hydroxylation is 1. The summed E-state index contributed by atoms with van der Waals surface area (Å²) in [6.07, 6.45) is 1.06. The Kier molecular flexibility index (Phi) is 8.21. The van der Waals surface area contributed by atoms with Gasteiger partial charge in [-0.25, -0.2) is 4.98 Å². The van der Waals surface area contributed by atoms with Crippen LogP contribution in [0.15, 0.2) is 48.5 Å². The van der Waals surface area contributed by atoms with Crippen LogP contribution in [0.25, 0.3) is 11.3 Å². The second kappa shape index (κ2) is 12.0. The predicted octanol–water partition coefficient (Wildman–Crippen LogP) is 4.87. The van der Waals surface area contributed by atoms with Gasteiger partial charge in [-0.3, -0.25) is 9.69 Å². The minimum Gasteiger partial charge on any atom is -0.488 e. The molecule has 3 aromatic rings. The molecule has 0 saturated carbocycles. The van der Waals surface area contributed by atoms with E-state index in [1.807, 2.05) is 37.3 Å². The lowest BCUT2D eigenvalue weighted by molar-refractivity contribution is -0.143. The first-order valence-corrected chi connectivity index (χ1v) is 15.0. The summed E-state index contributed by atoms with van der Waals surface area (Å²) in [6.45, 7) is 11.5. The van der Waals surface area contributed by atoms with Gasteiger partial charge in [0.1, 0.15) is 18.2 Å². The lowest BCUT2D eigenvalue weighted by atomic mass is 9.91. The average molecular weight is 572 g/mol. The molecule has 8 nitrogen and oxygen atoms in total. The van der Waals surface area contributed by atoms with Gasteiger partial charge in [0.05, 0.1) is 43.5 Å². The molecule has 3 aliphatic heterocycles. The summed E-state index contributed by atoms with van der Waals surface area (Å²) in [5, 5.41) is 9.90. The molecule has 3 atom stereocenters. The number of fused-ring (bicyclic) bond motifs is 1. The number of hydrogen-bond donors (Lipinski definition) is 1. The average Bonchev–Trinajstić information content (AvgIpc) is 3.28. The molecule has 2 aromatic carbocycles. The molecular weight excluding hydrogens is 530 g/mol. The fraction of sp³-hybridized carbons (Fsp3) is 0.471. The largest absolute Gasteiger partial charge is 0.488 e. The maximum absolute atomic E-state index is 12.1. The van der Waals surface area contributed by atoms with Crippen molar-refractivity contribution in [2.24, 2.45) is 11.8 Å². The van der Waals surface area contributed by atoms with Crippen LogP contribution in [0.2, 0.25) is 0 Å². The number of methoxy groups -OCH3 is 1. The van der Waals surface area contributed by atoms with Gasteiger partial charge >= 0.3 is 5.97 Å². The van der Waals surface area contributed by atoms with Crippen molar-refractivity contribution >= 4 is 11.8 Å². The Labute approximate surface area is 248 Å². The Morgan fingerprint density at radius 2 is 1.93 bits per heavy atom. The second-order valence-corrected chi connectivity index (χ2v) is 12.0. The zero-order valence-corrected chi connectivity index (χ0v) is 25.0. The maximum Gasteiger partial charge on any atom is 0.309 e. The zero-order valence-electron chi connectivity index (χ0n) is 25.0.